The minimum absolute atomic E-state index is 0.0244. The van der Waals surface area contributed by atoms with Crippen molar-refractivity contribution in [3.8, 4) is 0 Å². The number of amides is 1. The smallest absolute Gasteiger partial charge is 0.251 e. The minimum atomic E-state index is 0.0244. The number of nitrogens with zero attached hydrogens (tertiary/aromatic N) is 2. The molecule has 3 fully saturated rings. The molecule has 26 heavy (non-hydrogen) atoms. The molecule has 5 heteroatoms. The summed E-state index contributed by atoms with van der Waals surface area (Å²) in [6.07, 6.45) is 7.11. The normalized spacial score (nSPS) is 26.2. The van der Waals surface area contributed by atoms with Crippen molar-refractivity contribution in [2.75, 3.05) is 44.7 Å². The van der Waals surface area contributed by atoms with Crippen LogP contribution >= 0.6 is 0 Å². The van der Waals surface area contributed by atoms with Gasteiger partial charge < -0.3 is 19.9 Å². The molecule has 0 aromatic heterocycles. The number of ether oxygens (including phenoxy) is 1. The van der Waals surface area contributed by atoms with E-state index in [0.717, 1.165) is 51.0 Å². The van der Waals surface area contributed by atoms with Crippen molar-refractivity contribution < 1.29 is 9.53 Å². The Morgan fingerprint density at radius 3 is 2.46 bits per heavy atom. The molecule has 1 N–H and O–H groups in total. The molecule has 3 aliphatic rings. The van der Waals surface area contributed by atoms with Crippen LogP contribution in [0, 0.1) is 0 Å². The number of anilines is 1. The maximum Gasteiger partial charge on any atom is 0.251 e. The van der Waals surface area contributed by atoms with Crippen molar-refractivity contribution >= 4 is 11.6 Å². The molecule has 1 aromatic rings. The fourth-order valence-electron chi connectivity index (χ4n) is 4.64. The summed E-state index contributed by atoms with van der Waals surface area (Å²) in [7, 11) is 2.16. The third-order valence-corrected chi connectivity index (χ3v) is 6.31. The summed E-state index contributed by atoms with van der Waals surface area (Å²) in [6, 6.07) is 8.21. The van der Waals surface area contributed by atoms with Gasteiger partial charge in [0.05, 0.1) is 18.2 Å². The maximum atomic E-state index is 12.6. The van der Waals surface area contributed by atoms with E-state index in [2.05, 4.69) is 34.3 Å². The lowest BCUT2D eigenvalue weighted by atomic mass is 9.82. The van der Waals surface area contributed by atoms with Crippen LogP contribution in [0.15, 0.2) is 24.3 Å². The molecule has 4 rings (SSSR count). The van der Waals surface area contributed by atoms with Gasteiger partial charge in [-0.1, -0.05) is 19.3 Å². The first-order chi connectivity index (χ1) is 12.6. The van der Waals surface area contributed by atoms with Crippen LogP contribution in [0.1, 0.15) is 48.9 Å². The first-order valence-corrected chi connectivity index (χ1v) is 10.1. The third kappa shape index (κ3) is 3.89. The van der Waals surface area contributed by atoms with Crippen LogP contribution in [-0.4, -0.2) is 62.3 Å². The van der Waals surface area contributed by atoms with Gasteiger partial charge in [-0.05, 0) is 50.6 Å². The van der Waals surface area contributed by atoms with E-state index >= 15 is 0 Å². The molecule has 1 atom stereocenters. The molecular formula is C21H31N3O2. The van der Waals surface area contributed by atoms with E-state index in [9.17, 15) is 4.79 Å². The van der Waals surface area contributed by atoms with Crippen molar-refractivity contribution in [2.24, 2.45) is 0 Å². The Morgan fingerprint density at radius 2 is 1.77 bits per heavy atom. The maximum absolute atomic E-state index is 12.6. The summed E-state index contributed by atoms with van der Waals surface area (Å²) >= 11 is 0. The Labute approximate surface area is 156 Å². The van der Waals surface area contributed by atoms with Gasteiger partial charge in [0, 0.05) is 37.4 Å². The molecular weight excluding hydrogens is 326 g/mol. The van der Waals surface area contributed by atoms with Crippen LogP contribution in [0.3, 0.4) is 0 Å². The van der Waals surface area contributed by atoms with E-state index < -0.39 is 0 Å². The van der Waals surface area contributed by atoms with Crippen molar-refractivity contribution in [1.29, 1.82) is 0 Å². The van der Waals surface area contributed by atoms with E-state index in [1.807, 2.05) is 12.1 Å². The van der Waals surface area contributed by atoms with Crippen molar-refractivity contribution in [3.63, 3.8) is 0 Å². The number of nitrogens with one attached hydrogen (secondary N) is 1. The average Bonchev–Trinajstić information content (AvgIpc) is 3.05. The van der Waals surface area contributed by atoms with Crippen LogP contribution in [-0.2, 0) is 4.74 Å². The Bertz CT molecular complexity index is 617. The zero-order valence-corrected chi connectivity index (χ0v) is 15.9. The second-order valence-electron chi connectivity index (χ2n) is 8.27. The molecule has 0 bridgehead atoms. The lowest BCUT2D eigenvalue weighted by Crippen LogP contribution is -2.44. The number of benzene rings is 1. The number of likely N-dealkylation sites (N-methyl/N-ethyl adjacent to an activating group) is 1. The Hall–Kier alpha value is -1.59. The summed E-state index contributed by atoms with van der Waals surface area (Å²) in [5.41, 5.74) is 1.99. The summed E-state index contributed by atoms with van der Waals surface area (Å²) in [5.74, 6) is 0.0244. The van der Waals surface area contributed by atoms with E-state index in [1.165, 1.54) is 24.9 Å². The molecule has 1 saturated carbocycles. The molecule has 2 saturated heterocycles. The molecule has 1 aromatic carbocycles. The quantitative estimate of drug-likeness (QED) is 0.903. The van der Waals surface area contributed by atoms with Crippen molar-refractivity contribution in [3.05, 3.63) is 29.8 Å². The van der Waals surface area contributed by atoms with Crippen LogP contribution in [0.2, 0.25) is 0 Å². The third-order valence-electron chi connectivity index (χ3n) is 6.31. The Kier molecular flexibility index (Phi) is 5.18. The molecule has 1 aliphatic carbocycles. The summed E-state index contributed by atoms with van der Waals surface area (Å²) < 4.78 is 6.11. The SMILES string of the molecule is CN1CCN(c2ccc(C(=O)N[C@H]3COC4(CCCCC4)C3)cc2)CC1. The van der Waals surface area contributed by atoms with Gasteiger partial charge in [-0.2, -0.15) is 0 Å². The van der Waals surface area contributed by atoms with Gasteiger partial charge in [-0.25, -0.2) is 0 Å². The van der Waals surface area contributed by atoms with Gasteiger partial charge in [0.2, 0.25) is 0 Å². The highest BCUT2D eigenvalue weighted by molar-refractivity contribution is 5.94. The van der Waals surface area contributed by atoms with E-state index in [1.54, 1.807) is 0 Å². The van der Waals surface area contributed by atoms with Crippen molar-refractivity contribution in [2.45, 2.75) is 50.2 Å². The molecule has 142 valence electrons. The topological polar surface area (TPSA) is 44.8 Å². The summed E-state index contributed by atoms with van der Waals surface area (Å²) in [5, 5.41) is 3.19. The highest BCUT2D eigenvalue weighted by Crippen LogP contribution is 2.39. The lowest BCUT2D eigenvalue weighted by Gasteiger charge is -2.34. The number of hydrogen-bond donors (Lipinski definition) is 1. The lowest BCUT2D eigenvalue weighted by molar-refractivity contribution is -0.0246. The molecule has 5 nitrogen and oxygen atoms in total. The van der Waals surface area contributed by atoms with Gasteiger partial charge in [0.15, 0.2) is 0 Å². The molecule has 2 heterocycles. The molecule has 0 radical (unpaired) electrons. The summed E-state index contributed by atoms with van der Waals surface area (Å²) in [6.45, 7) is 4.93. The standard InChI is InChI=1S/C21H31N3O2/c1-23-11-13-24(14-12-23)19-7-5-17(6-8-19)20(25)22-18-15-21(26-16-18)9-3-2-4-10-21/h5-8,18H,2-4,9-16H2,1H3,(H,22,25)/t18-/m1/s1. The average molecular weight is 357 g/mol. The van der Waals surface area contributed by atoms with Crippen LogP contribution in [0.4, 0.5) is 5.69 Å². The molecule has 0 unspecified atom stereocenters. The second-order valence-corrected chi connectivity index (χ2v) is 8.27. The predicted molar refractivity (Wildman–Crippen MR) is 104 cm³/mol. The predicted octanol–water partition coefficient (Wildman–Crippen LogP) is 2.66. The highest BCUT2D eigenvalue weighted by atomic mass is 16.5. The van der Waals surface area contributed by atoms with E-state index in [4.69, 9.17) is 4.74 Å². The van der Waals surface area contributed by atoms with Gasteiger partial charge in [-0.15, -0.1) is 0 Å². The zero-order valence-electron chi connectivity index (χ0n) is 15.9. The Morgan fingerprint density at radius 1 is 1.08 bits per heavy atom. The number of carbonyl (C=O) groups excluding carboxylic acids is 1. The number of carbonyl (C=O) groups is 1. The number of piperazine rings is 1. The van der Waals surface area contributed by atoms with Gasteiger partial charge >= 0.3 is 0 Å². The first kappa shape index (κ1) is 17.8. The second kappa shape index (κ2) is 7.57. The fraction of sp³-hybridized carbons (Fsp3) is 0.667. The molecule has 2 aliphatic heterocycles. The number of rotatable bonds is 3. The van der Waals surface area contributed by atoms with Crippen LogP contribution < -0.4 is 10.2 Å². The monoisotopic (exact) mass is 357 g/mol. The van der Waals surface area contributed by atoms with Gasteiger partial charge in [0.1, 0.15) is 0 Å². The first-order valence-electron chi connectivity index (χ1n) is 10.1. The number of hydrogen-bond acceptors (Lipinski definition) is 4. The van der Waals surface area contributed by atoms with Crippen LogP contribution in [0.5, 0.6) is 0 Å². The summed E-state index contributed by atoms with van der Waals surface area (Å²) in [4.78, 5) is 17.4. The van der Waals surface area contributed by atoms with Crippen molar-refractivity contribution in [1.82, 2.24) is 10.2 Å². The fourth-order valence-corrected chi connectivity index (χ4v) is 4.64. The largest absolute Gasteiger partial charge is 0.373 e. The van der Waals surface area contributed by atoms with Gasteiger partial charge in [0.25, 0.3) is 5.91 Å². The molecule has 1 spiro atoms. The van der Waals surface area contributed by atoms with Crippen LogP contribution in [0.25, 0.3) is 0 Å². The Balaban J connectivity index is 1.32. The molecule has 1 amide bonds. The zero-order chi connectivity index (χ0) is 18.0. The van der Waals surface area contributed by atoms with Gasteiger partial charge in [-0.3, -0.25) is 4.79 Å². The van der Waals surface area contributed by atoms with E-state index in [-0.39, 0.29) is 17.6 Å². The van der Waals surface area contributed by atoms with E-state index in [0.29, 0.717) is 6.61 Å². The highest BCUT2D eigenvalue weighted by Gasteiger charge is 2.41. The minimum Gasteiger partial charge on any atom is -0.373 e.